The second-order valence-electron chi connectivity index (χ2n) is 10.4. The maximum absolute atomic E-state index is 12.4. The lowest BCUT2D eigenvalue weighted by molar-refractivity contribution is -0.132. The van der Waals surface area contributed by atoms with E-state index in [1.54, 1.807) is 57.8 Å². The van der Waals surface area contributed by atoms with E-state index in [9.17, 15) is 31.1 Å². The Labute approximate surface area is 293 Å². The number of halogens is 9. The first-order valence-corrected chi connectivity index (χ1v) is 16.6. The van der Waals surface area contributed by atoms with Crippen LogP contribution in [0.15, 0.2) is 58.0 Å². The minimum absolute atomic E-state index is 0.103. The predicted octanol–water partition coefficient (Wildman–Crippen LogP) is 7.88. The number of hydrogen-bond acceptors (Lipinski definition) is 7. The fourth-order valence-electron chi connectivity index (χ4n) is 4.27. The van der Waals surface area contributed by atoms with E-state index in [0.717, 1.165) is 22.1 Å². The van der Waals surface area contributed by atoms with E-state index in [4.69, 9.17) is 0 Å². The van der Waals surface area contributed by atoms with Gasteiger partial charge in [0.05, 0.1) is 42.3 Å². The van der Waals surface area contributed by atoms with Crippen LogP contribution < -0.4 is 16.0 Å². The molecule has 0 bridgehead atoms. The molecule has 10 nitrogen and oxygen atoms in total. The van der Waals surface area contributed by atoms with E-state index in [-0.39, 0.29) is 25.0 Å². The van der Waals surface area contributed by atoms with Crippen LogP contribution >= 0.6 is 54.5 Å². The Morgan fingerprint density at radius 1 is 0.830 bits per heavy atom. The zero-order chi connectivity index (χ0) is 33.9. The molecule has 0 aliphatic heterocycles. The molecule has 0 spiro atoms. The summed E-state index contributed by atoms with van der Waals surface area (Å²) in [5.74, 6) is -0.103. The van der Waals surface area contributed by atoms with Crippen LogP contribution in [0.25, 0.3) is 22.6 Å². The van der Waals surface area contributed by atoms with Crippen molar-refractivity contribution in [2.24, 2.45) is 0 Å². The lowest BCUT2D eigenvalue weighted by Crippen LogP contribution is -2.25. The lowest BCUT2D eigenvalue weighted by atomic mass is 10.1. The lowest BCUT2D eigenvalue weighted by Gasteiger charge is -2.11. The molecule has 4 heterocycles. The van der Waals surface area contributed by atoms with Gasteiger partial charge in [-0.05, 0) is 91.6 Å². The number of benzene rings is 1. The van der Waals surface area contributed by atoms with Crippen molar-refractivity contribution in [2.75, 3.05) is 23.7 Å². The second kappa shape index (κ2) is 14.5. The third-order valence-corrected chi connectivity index (χ3v) is 8.15. The summed E-state index contributed by atoms with van der Waals surface area (Å²) in [6.45, 7) is -0.457. The Bertz CT molecular complexity index is 1880. The van der Waals surface area contributed by atoms with Gasteiger partial charge in [0.1, 0.15) is 12.9 Å². The molecular weight excluding hydrogens is 879 g/mol. The summed E-state index contributed by atoms with van der Waals surface area (Å²) in [4.78, 5) is 20.5. The second-order valence-corrected chi connectivity index (χ2v) is 13.1. The molecule has 6 rings (SSSR count). The minimum atomic E-state index is -4.23. The number of imidazole rings is 2. The number of carbonyl (C=O) groups excluding carboxylic acids is 1. The molecular formula is C28H24Br2F6IN9O. The highest BCUT2D eigenvalue weighted by atomic mass is 127. The summed E-state index contributed by atoms with van der Waals surface area (Å²) in [6.07, 6.45) is -5.00. The zero-order valence-electron chi connectivity index (χ0n) is 23.9. The summed E-state index contributed by atoms with van der Waals surface area (Å²) in [7, 11) is 0. The molecule has 1 amide bonds. The highest BCUT2D eigenvalue weighted by Gasteiger charge is 2.27. The van der Waals surface area contributed by atoms with Crippen LogP contribution in [0.2, 0.25) is 0 Å². The molecule has 3 N–H and O–H groups in total. The number of fused-ring (bicyclic) bond motifs is 2. The highest BCUT2D eigenvalue weighted by Crippen LogP contribution is 2.28. The molecule has 0 unspecified atom stereocenters. The minimum Gasteiger partial charge on any atom is -0.382 e. The van der Waals surface area contributed by atoms with Crippen molar-refractivity contribution in [3.63, 3.8) is 0 Å². The van der Waals surface area contributed by atoms with E-state index >= 15 is 0 Å². The third kappa shape index (κ3) is 9.68. The van der Waals surface area contributed by atoms with Crippen LogP contribution in [0, 0.1) is 3.70 Å². The molecule has 1 saturated carbocycles. The molecule has 47 heavy (non-hydrogen) atoms. The number of nitrogens with one attached hydrogen (secondary N) is 3. The van der Waals surface area contributed by atoms with Crippen molar-refractivity contribution in [3.8, 4) is 11.3 Å². The Morgan fingerprint density at radius 2 is 1.34 bits per heavy atom. The number of amides is 1. The summed E-state index contributed by atoms with van der Waals surface area (Å²) >= 11 is 8.55. The summed E-state index contributed by atoms with van der Waals surface area (Å²) < 4.78 is 78.4. The zero-order valence-corrected chi connectivity index (χ0v) is 29.3. The van der Waals surface area contributed by atoms with Crippen LogP contribution in [0.5, 0.6) is 0 Å². The topological polar surface area (TPSA) is 114 Å². The monoisotopic (exact) mass is 901 g/mol. The maximum atomic E-state index is 12.4. The maximum Gasteiger partial charge on any atom is 0.390 e. The Balaban J connectivity index is 0.000000207. The summed E-state index contributed by atoms with van der Waals surface area (Å²) in [5, 5.41) is 16.9. The molecule has 1 aromatic carbocycles. The van der Waals surface area contributed by atoms with Crippen molar-refractivity contribution in [1.82, 2.24) is 34.5 Å². The number of aromatic nitrogens is 6. The number of nitrogens with zero attached hydrogens (tertiary/aromatic N) is 6. The quantitative estimate of drug-likeness (QED) is 0.102. The number of anilines is 2. The standard InChI is InChI=1S/C19H17BrF3N5O.C9H7BrF3IN4/c20-16-9-14(24-8-7-19(21,22)23)17-25-10-15(28(17)27-16)11-1-3-12(4-2-11)18(29)26-13-5-6-13;10-6-3-5(15-2-1-9(11,12)13)8-16-4-7(14)18(8)17-6/h1-4,9-10,13,24H,5-8H2,(H,26,29);3-4,15H,1-2H2. The van der Waals surface area contributed by atoms with Gasteiger partial charge in [-0.15, -0.1) is 0 Å². The van der Waals surface area contributed by atoms with E-state index < -0.39 is 25.2 Å². The average molecular weight is 903 g/mol. The highest BCUT2D eigenvalue weighted by molar-refractivity contribution is 14.1. The van der Waals surface area contributed by atoms with Gasteiger partial charge in [-0.3, -0.25) is 4.79 Å². The summed E-state index contributed by atoms with van der Waals surface area (Å²) in [6, 6.07) is 10.5. The molecule has 1 aliphatic rings. The van der Waals surface area contributed by atoms with Crippen LogP contribution in [-0.2, 0) is 0 Å². The van der Waals surface area contributed by atoms with E-state index in [1.165, 1.54) is 0 Å². The molecule has 19 heteroatoms. The molecule has 4 aromatic heterocycles. The third-order valence-electron chi connectivity index (χ3n) is 6.64. The molecule has 1 fully saturated rings. The molecule has 0 saturated heterocycles. The van der Waals surface area contributed by atoms with Gasteiger partial charge in [0.15, 0.2) is 11.3 Å². The van der Waals surface area contributed by atoms with E-state index in [0.29, 0.717) is 43.1 Å². The van der Waals surface area contributed by atoms with Gasteiger partial charge in [-0.25, -0.2) is 19.0 Å². The number of rotatable bonds is 9. The number of carbonyl (C=O) groups is 1. The van der Waals surface area contributed by atoms with Gasteiger partial charge >= 0.3 is 12.4 Å². The van der Waals surface area contributed by atoms with Crippen molar-refractivity contribution in [3.05, 3.63) is 67.3 Å². The van der Waals surface area contributed by atoms with Gasteiger partial charge in [0, 0.05) is 30.3 Å². The SMILES string of the molecule is FC(F)(F)CCNc1cc(Br)nn2c(I)cnc12.O=C(NC1CC1)c1ccc(-c2cnc3c(NCCC(F)(F)F)cc(Br)nn23)cc1. The van der Waals surface area contributed by atoms with Crippen molar-refractivity contribution < 1.29 is 31.1 Å². The normalized spacial score (nSPS) is 13.4. The molecule has 0 atom stereocenters. The fourth-order valence-corrected chi connectivity index (χ4v) is 5.52. The summed E-state index contributed by atoms with van der Waals surface area (Å²) in [5.41, 5.74) is 3.90. The van der Waals surface area contributed by atoms with Crippen LogP contribution in [0.1, 0.15) is 36.0 Å². The first kappa shape index (κ1) is 35.1. The van der Waals surface area contributed by atoms with Crippen LogP contribution in [0.3, 0.4) is 0 Å². The van der Waals surface area contributed by atoms with Gasteiger partial charge in [0.25, 0.3) is 5.91 Å². The Kier molecular flexibility index (Phi) is 10.8. The Morgan fingerprint density at radius 3 is 1.87 bits per heavy atom. The first-order valence-electron chi connectivity index (χ1n) is 13.9. The number of alkyl halides is 6. The smallest absolute Gasteiger partial charge is 0.382 e. The van der Waals surface area contributed by atoms with Crippen LogP contribution in [0.4, 0.5) is 37.7 Å². The van der Waals surface area contributed by atoms with Crippen molar-refractivity contribution >= 4 is 83.0 Å². The van der Waals surface area contributed by atoms with Gasteiger partial charge in [-0.1, -0.05) is 12.1 Å². The van der Waals surface area contributed by atoms with Crippen molar-refractivity contribution in [2.45, 2.75) is 44.1 Å². The Hall–Kier alpha value is -3.20. The van der Waals surface area contributed by atoms with Gasteiger partial charge in [0.2, 0.25) is 0 Å². The van der Waals surface area contributed by atoms with E-state index in [2.05, 4.69) is 68.0 Å². The fraction of sp³-hybridized carbons (Fsp3) is 0.321. The number of hydrogen-bond donors (Lipinski definition) is 3. The average Bonchev–Trinajstić information content (AvgIpc) is 3.58. The van der Waals surface area contributed by atoms with Crippen LogP contribution in [-0.4, -0.2) is 66.6 Å². The first-order chi connectivity index (χ1) is 22.2. The largest absolute Gasteiger partial charge is 0.390 e. The van der Waals surface area contributed by atoms with Gasteiger partial charge in [-0.2, -0.15) is 36.5 Å². The van der Waals surface area contributed by atoms with Crippen molar-refractivity contribution in [1.29, 1.82) is 0 Å². The molecule has 0 radical (unpaired) electrons. The van der Waals surface area contributed by atoms with Gasteiger partial charge < -0.3 is 16.0 Å². The molecule has 5 aromatic rings. The van der Waals surface area contributed by atoms with E-state index in [1.807, 2.05) is 22.6 Å². The molecule has 250 valence electrons. The predicted molar refractivity (Wildman–Crippen MR) is 178 cm³/mol. The molecule has 1 aliphatic carbocycles.